The van der Waals surface area contributed by atoms with Crippen LogP contribution in [0.4, 0.5) is 5.00 Å². The third-order valence-corrected chi connectivity index (χ3v) is 5.70. The lowest BCUT2D eigenvalue weighted by Gasteiger charge is -2.41. The second-order valence-electron chi connectivity index (χ2n) is 6.83. The van der Waals surface area contributed by atoms with Gasteiger partial charge in [0.2, 0.25) is 0 Å². The molecule has 0 radical (unpaired) electrons. The van der Waals surface area contributed by atoms with Crippen LogP contribution in [-0.2, 0) is 13.0 Å². The fraction of sp³-hybridized carbons (Fsp3) is 0.389. The van der Waals surface area contributed by atoms with Gasteiger partial charge in [-0.2, -0.15) is 0 Å². The summed E-state index contributed by atoms with van der Waals surface area (Å²) in [7, 11) is 0. The van der Waals surface area contributed by atoms with Crippen molar-refractivity contribution in [1.82, 2.24) is 10.2 Å². The Balaban J connectivity index is 1.61. The summed E-state index contributed by atoms with van der Waals surface area (Å²) in [6.45, 7) is 6.52. The first-order valence-corrected chi connectivity index (χ1v) is 9.03. The number of benzene rings is 1. The molecule has 2 heterocycles. The smallest absolute Gasteiger partial charge is 0.324 e. The molecule has 1 aliphatic rings. The number of amides is 1. The van der Waals surface area contributed by atoms with Crippen molar-refractivity contribution in [3.05, 3.63) is 62.5 Å². The summed E-state index contributed by atoms with van der Waals surface area (Å²) in [6, 6.07) is 11.3. The maximum absolute atomic E-state index is 12.3. The highest BCUT2D eigenvalue weighted by Crippen LogP contribution is 2.26. The SMILES string of the molecule is CC(C)(CNC(=O)c1ccc([N+](=O)[O-])s1)N1CCc2ccccc2C1. The second-order valence-corrected chi connectivity index (χ2v) is 7.89. The molecular formula is C18H21N3O3S. The van der Waals surface area contributed by atoms with Gasteiger partial charge in [-0.1, -0.05) is 35.6 Å². The highest BCUT2D eigenvalue weighted by molar-refractivity contribution is 7.17. The van der Waals surface area contributed by atoms with Crippen molar-refractivity contribution < 1.29 is 9.72 Å². The van der Waals surface area contributed by atoms with Crippen molar-refractivity contribution in [2.75, 3.05) is 13.1 Å². The maximum Gasteiger partial charge on any atom is 0.324 e. The van der Waals surface area contributed by atoms with Gasteiger partial charge in [-0.3, -0.25) is 19.8 Å². The average Bonchev–Trinajstić information content (AvgIpc) is 3.10. The quantitative estimate of drug-likeness (QED) is 0.657. The molecular weight excluding hydrogens is 338 g/mol. The summed E-state index contributed by atoms with van der Waals surface area (Å²) in [5.41, 5.74) is 2.53. The molecule has 2 aromatic rings. The number of hydrogen-bond donors (Lipinski definition) is 1. The molecule has 25 heavy (non-hydrogen) atoms. The van der Waals surface area contributed by atoms with E-state index in [-0.39, 0.29) is 16.4 Å². The van der Waals surface area contributed by atoms with Crippen LogP contribution in [0.25, 0.3) is 0 Å². The molecule has 1 aromatic heterocycles. The predicted octanol–water partition coefficient (Wildman–Crippen LogP) is 3.22. The Bertz CT molecular complexity index is 800. The van der Waals surface area contributed by atoms with Crippen LogP contribution in [0.2, 0.25) is 0 Å². The lowest BCUT2D eigenvalue weighted by molar-refractivity contribution is -0.380. The van der Waals surface area contributed by atoms with Gasteiger partial charge in [-0.15, -0.1) is 0 Å². The van der Waals surface area contributed by atoms with Gasteiger partial charge in [0.1, 0.15) is 0 Å². The minimum atomic E-state index is -0.476. The number of nitro groups is 1. The first-order valence-electron chi connectivity index (χ1n) is 8.21. The van der Waals surface area contributed by atoms with Crippen molar-refractivity contribution in [3.63, 3.8) is 0 Å². The number of carbonyl (C=O) groups is 1. The van der Waals surface area contributed by atoms with E-state index >= 15 is 0 Å². The number of nitrogens with one attached hydrogen (secondary N) is 1. The molecule has 1 amide bonds. The van der Waals surface area contributed by atoms with Gasteiger partial charge in [0, 0.05) is 31.2 Å². The normalized spacial score (nSPS) is 14.8. The van der Waals surface area contributed by atoms with Crippen LogP contribution < -0.4 is 5.32 Å². The van der Waals surface area contributed by atoms with E-state index in [9.17, 15) is 14.9 Å². The third kappa shape index (κ3) is 3.88. The molecule has 0 bridgehead atoms. The van der Waals surface area contributed by atoms with Gasteiger partial charge < -0.3 is 5.32 Å². The molecule has 1 aromatic carbocycles. The van der Waals surface area contributed by atoms with Gasteiger partial charge in [-0.25, -0.2) is 0 Å². The highest BCUT2D eigenvalue weighted by atomic mass is 32.1. The molecule has 3 rings (SSSR count). The van der Waals surface area contributed by atoms with Crippen LogP contribution in [0, 0.1) is 10.1 Å². The van der Waals surface area contributed by atoms with Crippen LogP contribution in [0.5, 0.6) is 0 Å². The minimum Gasteiger partial charge on any atom is -0.349 e. The number of nitrogens with zero attached hydrogens (tertiary/aromatic N) is 2. The molecule has 0 aliphatic carbocycles. The zero-order valence-electron chi connectivity index (χ0n) is 14.3. The lowest BCUT2D eigenvalue weighted by atomic mass is 9.94. The fourth-order valence-electron chi connectivity index (χ4n) is 3.06. The highest BCUT2D eigenvalue weighted by Gasteiger charge is 2.30. The van der Waals surface area contributed by atoms with Crippen molar-refractivity contribution in [2.24, 2.45) is 0 Å². The summed E-state index contributed by atoms with van der Waals surface area (Å²) < 4.78 is 0. The largest absolute Gasteiger partial charge is 0.349 e. The summed E-state index contributed by atoms with van der Waals surface area (Å²) >= 11 is 0.901. The molecule has 132 valence electrons. The fourth-order valence-corrected chi connectivity index (χ4v) is 3.79. The Morgan fingerprint density at radius 2 is 2.00 bits per heavy atom. The third-order valence-electron chi connectivity index (χ3n) is 4.66. The van der Waals surface area contributed by atoms with E-state index in [4.69, 9.17) is 0 Å². The molecule has 0 fully saturated rings. The molecule has 0 saturated heterocycles. The Morgan fingerprint density at radius 1 is 1.28 bits per heavy atom. The predicted molar refractivity (Wildman–Crippen MR) is 97.9 cm³/mol. The van der Waals surface area contributed by atoms with Crippen molar-refractivity contribution in [2.45, 2.75) is 32.4 Å². The molecule has 0 spiro atoms. The number of thiophene rings is 1. The van der Waals surface area contributed by atoms with Crippen molar-refractivity contribution >= 4 is 22.2 Å². The lowest BCUT2D eigenvalue weighted by Crippen LogP contribution is -2.53. The van der Waals surface area contributed by atoms with E-state index in [1.54, 1.807) is 0 Å². The van der Waals surface area contributed by atoms with E-state index in [1.807, 2.05) is 0 Å². The standard InChI is InChI=1S/C18H21N3O3S/c1-18(2,20-10-9-13-5-3-4-6-14(13)11-20)12-19-17(22)15-7-8-16(25-15)21(23)24/h3-8H,9-12H2,1-2H3,(H,19,22). The maximum atomic E-state index is 12.3. The zero-order valence-corrected chi connectivity index (χ0v) is 15.1. The monoisotopic (exact) mass is 359 g/mol. The van der Waals surface area contributed by atoms with Crippen molar-refractivity contribution in [1.29, 1.82) is 0 Å². The average molecular weight is 359 g/mol. The van der Waals surface area contributed by atoms with Crippen LogP contribution in [0.15, 0.2) is 36.4 Å². The van der Waals surface area contributed by atoms with Gasteiger partial charge in [0.15, 0.2) is 0 Å². The summed E-state index contributed by atoms with van der Waals surface area (Å²) in [4.78, 5) is 25.3. The molecule has 7 heteroatoms. The van der Waals surface area contributed by atoms with E-state index in [2.05, 4.69) is 48.3 Å². The zero-order chi connectivity index (χ0) is 18.0. The first kappa shape index (κ1) is 17.6. The molecule has 6 nitrogen and oxygen atoms in total. The molecule has 0 unspecified atom stereocenters. The van der Waals surface area contributed by atoms with E-state index in [1.165, 1.54) is 23.3 Å². The minimum absolute atomic E-state index is 0.0166. The van der Waals surface area contributed by atoms with Crippen molar-refractivity contribution in [3.8, 4) is 0 Å². The Morgan fingerprint density at radius 3 is 2.68 bits per heavy atom. The summed E-state index contributed by atoms with van der Waals surface area (Å²) in [5, 5.41) is 13.6. The Hall–Kier alpha value is -2.25. The molecule has 0 atom stereocenters. The van der Waals surface area contributed by atoms with Crippen LogP contribution >= 0.6 is 11.3 Å². The summed E-state index contributed by atoms with van der Waals surface area (Å²) in [6.07, 6.45) is 1.00. The van der Waals surface area contributed by atoms with Gasteiger partial charge in [0.25, 0.3) is 5.91 Å². The first-order chi connectivity index (χ1) is 11.9. The van der Waals surface area contributed by atoms with Crippen LogP contribution in [0.3, 0.4) is 0 Å². The summed E-state index contributed by atoms with van der Waals surface area (Å²) in [5.74, 6) is -0.261. The van der Waals surface area contributed by atoms with E-state index < -0.39 is 4.92 Å². The van der Waals surface area contributed by atoms with Crippen LogP contribution in [-0.4, -0.2) is 34.4 Å². The van der Waals surface area contributed by atoms with Crippen LogP contribution in [0.1, 0.15) is 34.6 Å². The van der Waals surface area contributed by atoms with E-state index in [0.29, 0.717) is 11.4 Å². The number of hydrogen-bond acceptors (Lipinski definition) is 5. The van der Waals surface area contributed by atoms with Gasteiger partial charge in [-0.05, 0) is 37.5 Å². The Labute approximate surface area is 150 Å². The Kier molecular flexibility index (Phi) is 4.87. The molecule has 0 saturated carbocycles. The number of rotatable bonds is 5. The van der Waals surface area contributed by atoms with Gasteiger partial charge >= 0.3 is 5.00 Å². The van der Waals surface area contributed by atoms with Gasteiger partial charge in [0.05, 0.1) is 9.80 Å². The number of carbonyl (C=O) groups excluding carboxylic acids is 1. The molecule has 1 N–H and O–H groups in total. The topological polar surface area (TPSA) is 75.5 Å². The number of fused-ring (bicyclic) bond motifs is 1. The second kappa shape index (κ2) is 6.93. The molecule has 1 aliphatic heterocycles. The van der Waals surface area contributed by atoms with E-state index in [0.717, 1.165) is 30.8 Å².